The van der Waals surface area contributed by atoms with Gasteiger partial charge in [0.25, 0.3) is 0 Å². The number of anilines is 1. The number of amides is 1. The molecule has 1 aromatic heterocycles. The fourth-order valence-electron chi connectivity index (χ4n) is 3.09. The van der Waals surface area contributed by atoms with Crippen LogP contribution >= 0.6 is 0 Å². The zero-order valence-corrected chi connectivity index (χ0v) is 11.3. The van der Waals surface area contributed by atoms with Gasteiger partial charge in [-0.25, -0.2) is 9.97 Å². The minimum atomic E-state index is 0.292. The van der Waals surface area contributed by atoms with Crippen LogP contribution in [0, 0.1) is 11.3 Å². The molecule has 0 aromatic carbocycles. The minimum Gasteiger partial charge on any atom is -0.354 e. The molecule has 2 aliphatic rings. The van der Waals surface area contributed by atoms with Crippen LogP contribution in [-0.4, -0.2) is 46.5 Å². The van der Waals surface area contributed by atoms with E-state index in [1.54, 1.807) is 6.20 Å². The summed E-state index contributed by atoms with van der Waals surface area (Å²) in [7, 11) is 0. The monoisotopic (exact) mass is 271 g/mol. The highest BCUT2D eigenvalue weighted by Crippen LogP contribution is 2.25. The van der Waals surface area contributed by atoms with E-state index >= 15 is 0 Å². The van der Waals surface area contributed by atoms with Crippen LogP contribution in [0.3, 0.4) is 0 Å². The van der Waals surface area contributed by atoms with E-state index in [4.69, 9.17) is 5.26 Å². The summed E-state index contributed by atoms with van der Waals surface area (Å²) in [5, 5.41) is 9.08. The van der Waals surface area contributed by atoms with Crippen molar-refractivity contribution in [2.24, 2.45) is 0 Å². The van der Waals surface area contributed by atoms with E-state index in [1.165, 1.54) is 6.20 Å². The molecule has 2 aliphatic heterocycles. The van der Waals surface area contributed by atoms with E-state index in [0.29, 0.717) is 29.9 Å². The number of carbonyl (C=O) groups is 1. The van der Waals surface area contributed by atoms with Crippen LogP contribution in [0.15, 0.2) is 12.4 Å². The Kier molecular flexibility index (Phi) is 3.50. The summed E-state index contributed by atoms with van der Waals surface area (Å²) in [6.07, 6.45) is 6.72. The SMILES string of the molecule is N#Cc1nccnc1N1CCC(N2CCCC2=O)CC1. The van der Waals surface area contributed by atoms with Gasteiger partial charge < -0.3 is 9.80 Å². The Labute approximate surface area is 118 Å². The fourth-order valence-corrected chi connectivity index (χ4v) is 3.09. The molecule has 3 rings (SSSR count). The third-order valence-corrected chi connectivity index (χ3v) is 4.10. The van der Waals surface area contributed by atoms with Crippen molar-refractivity contribution in [1.29, 1.82) is 5.26 Å². The number of likely N-dealkylation sites (tertiary alicyclic amines) is 1. The van der Waals surface area contributed by atoms with Gasteiger partial charge >= 0.3 is 0 Å². The lowest BCUT2D eigenvalue weighted by molar-refractivity contribution is -0.130. The van der Waals surface area contributed by atoms with Gasteiger partial charge in [0, 0.05) is 44.5 Å². The molecule has 104 valence electrons. The summed E-state index contributed by atoms with van der Waals surface area (Å²) in [5.74, 6) is 0.960. The van der Waals surface area contributed by atoms with E-state index in [-0.39, 0.29) is 0 Å². The molecular weight excluding hydrogens is 254 g/mol. The molecule has 0 aliphatic carbocycles. The lowest BCUT2D eigenvalue weighted by Crippen LogP contribution is -2.45. The van der Waals surface area contributed by atoms with Crippen molar-refractivity contribution < 1.29 is 4.79 Å². The fraction of sp³-hybridized carbons (Fsp3) is 0.571. The van der Waals surface area contributed by atoms with E-state index in [2.05, 4.69) is 20.9 Å². The zero-order chi connectivity index (χ0) is 13.9. The molecule has 1 amide bonds. The molecule has 0 spiro atoms. The van der Waals surface area contributed by atoms with Crippen LogP contribution < -0.4 is 4.90 Å². The van der Waals surface area contributed by atoms with Crippen molar-refractivity contribution in [3.8, 4) is 6.07 Å². The maximum Gasteiger partial charge on any atom is 0.222 e. The number of piperidine rings is 1. The van der Waals surface area contributed by atoms with E-state index in [9.17, 15) is 4.79 Å². The second-order valence-electron chi connectivity index (χ2n) is 5.25. The Morgan fingerprint density at radius 3 is 2.60 bits per heavy atom. The van der Waals surface area contributed by atoms with Crippen LogP contribution in [0.4, 0.5) is 5.82 Å². The second-order valence-corrected chi connectivity index (χ2v) is 5.25. The highest BCUT2D eigenvalue weighted by atomic mass is 16.2. The Morgan fingerprint density at radius 2 is 1.95 bits per heavy atom. The van der Waals surface area contributed by atoms with E-state index < -0.39 is 0 Å². The normalized spacial score (nSPS) is 20.2. The van der Waals surface area contributed by atoms with Crippen molar-refractivity contribution in [1.82, 2.24) is 14.9 Å². The van der Waals surface area contributed by atoms with Crippen LogP contribution in [0.2, 0.25) is 0 Å². The molecule has 0 radical (unpaired) electrons. The molecule has 6 nitrogen and oxygen atoms in total. The number of carbonyl (C=O) groups excluding carboxylic acids is 1. The van der Waals surface area contributed by atoms with Crippen molar-refractivity contribution in [2.75, 3.05) is 24.5 Å². The van der Waals surface area contributed by atoms with Crippen LogP contribution in [-0.2, 0) is 4.79 Å². The summed E-state index contributed by atoms with van der Waals surface area (Å²) in [6, 6.07) is 2.44. The summed E-state index contributed by atoms with van der Waals surface area (Å²) in [5.41, 5.74) is 0.378. The summed E-state index contributed by atoms with van der Waals surface area (Å²) in [6.45, 7) is 2.54. The summed E-state index contributed by atoms with van der Waals surface area (Å²) in [4.78, 5) is 24.2. The Bertz CT molecular complexity index is 545. The standard InChI is InChI=1S/C14H17N5O/c15-10-12-14(17-6-5-16-12)18-8-3-11(4-9-18)19-7-1-2-13(19)20/h5-6,11H,1-4,7-9H2. The number of rotatable bonds is 2. The van der Waals surface area contributed by atoms with Crippen LogP contribution in [0.5, 0.6) is 0 Å². The highest BCUT2D eigenvalue weighted by Gasteiger charge is 2.31. The molecular formula is C14H17N5O. The first-order chi connectivity index (χ1) is 9.79. The number of aromatic nitrogens is 2. The van der Waals surface area contributed by atoms with Gasteiger partial charge in [-0.05, 0) is 19.3 Å². The summed E-state index contributed by atoms with van der Waals surface area (Å²) < 4.78 is 0. The predicted molar refractivity (Wildman–Crippen MR) is 72.9 cm³/mol. The van der Waals surface area contributed by atoms with Gasteiger partial charge in [-0.3, -0.25) is 4.79 Å². The smallest absolute Gasteiger partial charge is 0.222 e. The molecule has 0 atom stereocenters. The van der Waals surface area contributed by atoms with Gasteiger partial charge in [-0.1, -0.05) is 0 Å². The molecule has 0 unspecified atom stereocenters. The van der Waals surface area contributed by atoms with Crippen molar-refractivity contribution in [3.63, 3.8) is 0 Å². The molecule has 20 heavy (non-hydrogen) atoms. The van der Waals surface area contributed by atoms with Gasteiger partial charge in [-0.2, -0.15) is 5.26 Å². The number of nitriles is 1. The number of nitrogens with zero attached hydrogens (tertiary/aromatic N) is 5. The number of hydrogen-bond donors (Lipinski definition) is 0. The van der Waals surface area contributed by atoms with Crippen molar-refractivity contribution in [3.05, 3.63) is 18.1 Å². The Morgan fingerprint density at radius 1 is 1.20 bits per heavy atom. The van der Waals surface area contributed by atoms with Crippen LogP contribution in [0.1, 0.15) is 31.4 Å². The molecule has 2 fully saturated rings. The molecule has 0 bridgehead atoms. The quantitative estimate of drug-likeness (QED) is 0.800. The van der Waals surface area contributed by atoms with Crippen molar-refractivity contribution >= 4 is 11.7 Å². The molecule has 3 heterocycles. The minimum absolute atomic E-state index is 0.292. The molecule has 0 N–H and O–H groups in total. The lowest BCUT2D eigenvalue weighted by Gasteiger charge is -2.37. The molecule has 2 saturated heterocycles. The third-order valence-electron chi connectivity index (χ3n) is 4.10. The molecule has 0 saturated carbocycles. The largest absolute Gasteiger partial charge is 0.354 e. The van der Waals surface area contributed by atoms with Gasteiger partial charge in [0.15, 0.2) is 11.5 Å². The van der Waals surface area contributed by atoms with Gasteiger partial charge in [0.1, 0.15) is 6.07 Å². The topological polar surface area (TPSA) is 73.1 Å². The van der Waals surface area contributed by atoms with Gasteiger partial charge in [0.2, 0.25) is 5.91 Å². The highest BCUT2D eigenvalue weighted by molar-refractivity contribution is 5.78. The molecule has 1 aromatic rings. The first-order valence-corrected chi connectivity index (χ1v) is 7.05. The van der Waals surface area contributed by atoms with E-state index in [0.717, 1.165) is 38.9 Å². The van der Waals surface area contributed by atoms with Gasteiger partial charge in [0.05, 0.1) is 0 Å². The maximum absolute atomic E-state index is 11.8. The average molecular weight is 271 g/mol. The predicted octanol–water partition coefficient (Wildman–Crippen LogP) is 0.939. The average Bonchev–Trinajstić information content (AvgIpc) is 2.93. The van der Waals surface area contributed by atoms with Crippen LogP contribution in [0.25, 0.3) is 0 Å². The third kappa shape index (κ3) is 2.31. The van der Waals surface area contributed by atoms with Gasteiger partial charge in [-0.15, -0.1) is 0 Å². The second kappa shape index (κ2) is 5.45. The Hall–Kier alpha value is -2.16. The number of hydrogen-bond acceptors (Lipinski definition) is 5. The lowest BCUT2D eigenvalue weighted by atomic mass is 10.0. The van der Waals surface area contributed by atoms with E-state index in [1.807, 2.05) is 4.90 Å². The Balaban J connectivity index is 1.67. The first kappa shape index (κ1) is 12.9. The molecule has 6 heteroatoms. The maximum atomic E-state index is 11.8. The van der Waals surface area contributed by atoms with Crippen molar-refractivity contribution in [2.45, 2.75) is 31.7 Å². The zero-order valence-electron chi connectivity index (χ0n) is 11.3. The first-order valence-electron chi connectivity index (χ1n) is 7.05. The summed E-state index contributed by atoms with van der Waals surface area (Å²) >= 11 is 0.